The lowest BCUT2D eigenvalue weighted by atomic mass is 9.72. The number of rotatable bonds is 3. The molecule has 1 spiro atoms. The molecule has 2 aromatic carbocycles. The summed E-state index contributed by atoms with van der Waals surface area (Å²) in [6.45, 7) is 0. The molecule has 1 N–H and O–H groups in total. The van der Waals surface area contributed by atoms with Gasteiger partial charge in [-0.05, 0) is 42.2 Å². The fourth-order valence-electron chi connectivity index (χ4n) is 4.25. The summed E-state index contributed by atoms with van der Waals surface area (Å²) in [5.74, 6) is -0.347. The minimum atomic E-state index is -0.670. The van der Waals surface area contributed by atoms with Crippen molar-refractivity contribution in [3.63, 3.8) is 0 Å². The van der Waals surface area contributed by atoms with Crippen molar-refractivity contribution in [1.82, 2.24) is 0 Å². The molecule has 1 heterocycles. The number of benzene rings is 2. The maximum absolute atomic E-state index is 13.4. The van der Waals surface area contributed by atoms with E-state index < -0.39 is 5.54 Å². The minimum Gasteiger partial charge on any atom is -0.322 e. The second-order valence-electron chi connectivity index (χ2n) is 7.06. The Morgan fingerprint density at radius 3 is 2.26 bits per heavy atom. The first-order valence-electron chi connectivity index (χ1n) is 9.07. The number of amides is 2. The highest BCUT2D eigenvalue weighted by molar-refractivity contribution is 6.31. The zero-order valence-electron chi connectivity index (χ0n) is 14.6. The largest absolute Gasteiger partial charge is 0.322 e. The summed E-state index contributed by atoms with van der Waals surface area (Å²) in [5.41, 5.74) is 1.96. The van der Waals surface area contributed by atoms with E-state index in [9.17, 15) is 9.59 Å². The van der Waals surface area contributed by atoms with Gasteiger partial charge in [0.2, 0.25) is 0 Å². The standard InChI is InChI=1S/C23H18N2O2/c26-21(24-17-7-3-1-4-8-17)20-19-15-16-11-13-23(19,14-12-16)25(22(20)27)18-9-5-2-6-10-18/h1-14,16H,15H2,(H,24,26). The molecule has 2 aromatic rings. The van der Waals surface area contributed by atoms with Crippen LogP contribution in [0.25, 0.3) is 0 Å². The van der Waals surface area contributed by atoms with E-state index in [1.54, 1.807) is 4.90 Å². The maximum atomic E-state index is 13.4. The van der Waals surface area contributed by atoms with Gasteiger partial charge < -0.3 is 5.32 Å². The Morgan fingerprint density at radius 1 is 0.963 bits per heavy atom. The monoisotopic (exact) mass is 354 g/mol. The Balaban J connectivity index is 1.61. The van der Waals surface area contributed by atoms with Gasteiger partial charge in [-0.1, -0.05) is 60.7 Å². The second kappa shape index (κ2) is 5.81. The SMILES string of the molecule is O=C(Nc1ccccc1)C1=C2CC3C=CC2(C=C3)N(c2ccccc2)C1=O. The van der Waals surface area contributed by atoms with E-state index in [2.05, 4.69) is 29.6 Å². The first-order chi connectivity index (χ1) is 13.2. The Hall–Kier alpha value is -3.40. The number of allylic oxidation sites excluding steroid dienone is 2. The fourth-order valence-corrected chi connectivity index (χ4v) is 4.25. The van der Waals surface area contributed by atoms with Crippen LogP contribution in [0.3, 0.4) is 0 Å². The van der Waals surface area contributed by atoms with Crippen LogP contribution in [0.5, 0.6) is 0 Å². The van der Waals surface area contributed by atoms with Crippen molar-refractivity contribution in [3.05, 3.63) is 96.1 Å². The Labute approximate surface area is 157 Å². The smallest absolute Gasteiger partial charge is 0.265 e. The van der Waals surface area contributed by atoms with Gasteiger partial charge in [-0.2, -0.15) is 0 Å². The zero-order valence-corrected chi connectivity index (χ0v) is 14.6. The highest BCUT2D eigenvalue weighted by Gasteiger charge is 2.54. The molecule has 0 fully saturated rings. The van der Waals surface area contributed by atoms with Crippen LogP contribution < -0.4 is 10.2 Å². The van der Waals surface area contributed by atoms with Crippen LogP contribution in [0.15, 0.2) is 96.1 Å². The molecule has 3 aliphatic carbocycles. The number of hydrogen-bond acceptors (Lipinski definition) is 2. The molecule has 0 aromatic heterocycles. The first-order valence-corrected chi connectivity index (χ1v) is 9.07. The van der Waals surface area contributed by atoms with Crippen molar-refractivity contribution >= 4 is 23.2 Å². The third-order valence-corrected chi connectivity index (χ3v) is 5.48. The molecule has 2 bridgehead atoms. The molecule has 132 valence electrons. The summed E-state index contributed by atoms with van der Waals surface area (Å²) < 4.78 is 0. The van der Waals surface area contributed by atoms with E-state index in [1.165, 1.54) is 0 Å². The van der Waals surface area contributed by atoms with Gasteiger partial charge in [0.1, 0.15) is 11.1 Å². The summed E-state index contributed by atoms with van der Waals surface area (Å²) >= 11 is 0. The number of hydrogen-bond donors (Lipinski definition) is 1. The van der Waals surface area contributed by atoms with Crippen LogP contribution in [0.2, 0.25) is 0 Å². The number of anilines is 2. The number of para-hydroxylation sites is 2. The van der Waals surface area contributed by atoms with Crippen molar-refractivity contribution in [1.29, 1.82) is 0 Å². The van der Waals surface area contributed by atoms with Crippen molar-refractivity contribution in [3.8, 4) is 0 Å². The van der Waals surface area contributed by atoms with Gasteiger partial charge in [-0.25, -0.2) is 0 Å². The van der Waals surface area contributed by atoms with Crippen LogP contribution in [-0.4, -0.2) is 17.4 Å². The third-order valence-electron chi connectivity index (χ3n) is 5.48. The summed E-state index contributed by atoms with van der Waals surface area (Å²) in [6.07, 6.45) is 9.07. The molecule has 0 unspecified atom stereocenters. The predicted molar refractivity (Wildman–Crippen MR) is 105 cm³/mol. The number of nitrogens with one attached hydrogen (secondary N) is 1. The number of carbonyl (C=O) groups is 2. The molecule has 1 aliphatic heterocycles. The van der Waals surface area contributed by atoms with Crippen LogP contribution in [0.1, 0.15) is 6.42 Å². The molecule has 0 saturated heterocycles. The highest BCUT2D eigenvalue weighted by atomic mass is 16.2. The molecule has 2 amide bonds. The summed E-state index contributed by atoms with van der Waals surface area (Å²) in [7, 11) is 0. The van der Waals surface area contributed by atoms with Crippen LogP contribution in [0, 0.1) is 5.92 Å². The number of nitrogens with zero attached hydrogens (tertiary/aromatic N) is 1. The van der Waals surface area contributed by atoms with E-state index in [4.69, 9.17) is 0 Å². The zero-order chi connectivity index (χ0) is 18.4. The Bertz CT molecular complexity index is 1000. The average molecular weight is 354 g/mol. The lowest BCUT2D eigenvalue weighted by Gasteiger charge is -2.42. The van der Waals surface area contributed by atoms with E-state index in [1.807, 2.05) is 60.7 Å². The van der Waals surface area contributed by atoms with Gasteiger partial charge in [0.25, 0.3) is 11.8 Å². The number of carbonyl (C=O) groups excluding carboxylic acids is 2. The van der Waals surface area contributed by atoms with Crippen LogP contribution >= 0.6 is 0 Å². The lowest BCUT2D eigenvalue weighted by molar-refractivity contribution is -0.119. The second-order valence-corrected chi connectivity index (χ2v) is 7.06. The highest BCUT2D eigenvalue weighted by Crippen LogP contribution is 2.50. The Kier molecular flexibility index (Phi) is 3.41. The summed E-state index contributed by atoms with van der Waals surface area (Å²) in [5, 5.41) is 2.88. The first kappa shape index (κ1) is 15.8. The van der Waals surface area contributed by atoms with E-state index in [-0.39, 0.29) is 23.3 Å². The molecule has 4 heteroatoms. The van der Waals surface area contributed by atoms with Gasteiger partial charge in [0.05, 0.1) is 0 Å². The molecule has 6 rings (SSSR count). The summed E-state index contributed by atoms with van der Waals surface area (Å²) in [4.78, 5) is 28.2. The molecule has 0 saturated carbocycles. The van der Waals surface area contributed by atoms with Gasteiger partial charge in [0.15, 0.2) is 0 Å². The van der Waals surface area contributed by atoms with Gasteiger partial charge in [0, 0.05) is 11.4 Å². The van der Waals surface area contributed by atoms with Crippen molar-refractivity contribution in [2.45, 2.75) is 12.0 Å². The van der Waals surface area contributed by atoms with E-state index in [0.29, 0.717) is 12.1 Å². The minimum absolute atomic E-state index is 0.241. The van der Waals surface area contributed by atoms with Gasteiger partial charge in [-0.3, -0.25) is 14.5 Å². The van der Waals surface area contributed by atoms with Crippen molar-refractivity contribution in [2.75, 3.05) is 10.2 Å². The van der Waals surface area contributed by atoms with Crippen LogP contribution in [-0.2, 0) is 9.59 Å². The molecule has 27 heavy (non-hydrogen) atoms. The van der Waals surface area contributed by atoms with Crippen molar-refractivity contribution in [2.24, 2.45) is 5.92 Å². The average Bonchev–Trinajstić information content (AvgIpc) is 2.97. The fraction of sp³-hybridized carbons (Fsp3) is 0.130. The molecule has 4 nitrogen and oxygen atoms in total. The molecular formula is C23H18N2O2. The predicted octanol–water partition coefficient (Wildman–Crippen LogP) is 3.85. The van der Waals surface area contributed by atoms with E-state index >= 15 is 0 Å². The third kappa shape index (κ3) is 2.30. The molecular weight excluding hydrogens is 336 g/mol. The van der Waals surface area contributed by atoms with Gasteiger partial charge >= 0.3 is 0 Å². The normalized spacial score (nSPS) is 25.1. The topological polar surface area (TPSA) is 49.4 Å². The molecule has 4 aliphatic rings. The van der Waals surface area contributed by atoms with Gasteiger partial charge in [-0.15, -0.1) is 0 Å². The quantitative estimate of drug-likeness (QED) is 0.672. The van der Waals surface area contributed by atoms with Crippen LogP contribution in [0.4, 0.5) is 11.4 Å². The van der Waals surface area contributed by atoms with Crippen molar-refractivity contribution < 1.29 is 9.59 Å². The molecule has 0 atom stereocenters. The summed E-state index contributed by atoms with van der Waals surface area (Å²) in [6, 6.07) is 18.8. The lowest BCUT2D eigenvalue weighted by Crippen LogP contribution is -2.49. The van der Waals surface area contributed by atoms with E-state index in [0.717, 1.165) is 11.3 Å². The molecule has 0 radical (unpaired) electrons. The Morgan fingerprint density at radius 2 is 1.59 bits per heavy atom. The maximum Gasteiger partial charge on any atom is 0.265 e.